The van der Waals surface area contributed by atoms with E-state index in [1.807, 2.05) is 49.4 Å². The van der Waals surface area contributed by atoms with Gasteiger partial charge in [0.25, 0.3) is 5.91 Å². The van der Waals surface area contributed by atoms with Crippen molar-refractivity contribution in [2.45, 2.75) is 32.4 Å². The molecule has 2 amide bonds. The number of nitrogens with one attached hydrogen (secondary N) is 1. The van der Waals surface area contributed by atoms with Gasteiger partial charge in [0.2, 0.25) is 5.91 Å². The smallest absolute Gasteiger partial charge is 0.252 e. The van der Waals surface area contributed by atoms with Crippen molar-refractivity contribution in [1.82, 2.24) is 20.1 Å². The second-order valence-corrected chi connectivity index (χ2v) is 7.24. The van der Waals surface area contributed by atoms with Gasteiger partial charge in [-0.3, -0.25) is 9.59 Å². The standard InChI is InChI=1S/C22H23N5O2/c1-16-8-10-18(11-9-16)27-12-4-7-20(22(27)29)25-21(28)19-6-3-2-5-17(19)13-26-15-23-14-24-26/h2-3,5-6,8-11,14-15,20H,4,7,12-13H2,1H3,(H,25,28). The summed E-state index contributed by atoms with van der Waals surface area (Å²) in [6.45, 7) is 3.12. The van der Waals surface area contributed by atoms with Crippen LogP contribution in [0.15, 0.2) is 61.2 Å². The normalized spacial score (nSPS) is 16.7. The average Bonchev–Trinajstić information content (AvgIpc) is 3.24. The van der Waals surface area contributed by atoms with E-state index in [0.717, 1.165) is 23.2 Å². The molecular formula is C22H23N5O2. The Hall–Kier alpha value is -3.48. The molecule has 29 heavy (non-hydrogen) atoms. The molecule has 1 aromatic heterocycles. The Morgan fingerprint density at radius 3 is 2.72 bits per heavy atom. The molecule has 0 bridgehead atoms. The van der Waals surface area contributed by atoms with E-state index in [1.54, 1.807) is 22.0 Å². The number of anilines is 1. The van der Waals surface area contributed by atoms with Crippen molar-refractivity contribution in [3.63, 3.8) is 0 Å². The van der Waals surface area contributed by atoms with Gasteiger partial charge < -0.3 is 10.2 Å². The van der Waals surface area contributed by atoms with Gasteiger partial charge in [-0.25, -0.2) is 9.67 Å². The van der Waals surface area contributed by atoms with Crippen LogP contribution in [0.4, 0.5) is 5.69 Å². The Bertz CT molecular complexity index is 998. The highest BCUT2D eigenvalue weighted by molar-refractivity contribution is 6.03. The molecule has 3 aromatic rings. The van der Waals surface area contributed by atoms with Crippen molar-refractivity contribution in [2.75, 3.05) is 11.4 Å². The maximum absolute atomic E-state index is 13.0. The molecule has 0 saturated carbocycles. The highest BCUT2D eigenvalue weighted by atomic mass is 16.2. The third-order valence-electron chi connectivity index (χ3n) is 5.15. The van der Waals surface area contributed by atoms with Crippen molar-refractivity contribution in [1.29, 1.82) is 0 Å². The summed E-state index contributed by atoms with van der Waals surface area (Å²) in [4.78, 5) is 31.7. The topological polar surface area (TPSA) is 80.1 Å². The molecule has 4 rings (SSSR count). The van der Waals surface area contributed by atoms with Gasteiger partial charge in [0, 0.05) is 17.8 Å². The zero-order chi connectivity index (χ0) is 20.2. The average molecular weight is 389 g/mol. The Morgan fingerprint density at radius 1 is 1.17 bits per heavy atom. The largest absolute Gasteiger partial charge is 0.340 e. The van der Waals surface area contributed by atoms with Crippen LogP contribution >= 0.6 is 0 Å². The van der Waals surface area contributed by atoms with Crippen LogP contribution in [-0.2, 0) is 11.3 Å². The molecule has 1 unspecified atom stereocenters. The second kappa shape index (κ2) is 8.26. The highest BCUT2D eigenvalue weighted by Gasteiger charge is 2.31. The minimum atomic E-state index is -0.531. The van der Waals surface area contributed by atoms with E-state index in [1.165, 1.54) is 6.33 Å². The number of aryl methyl sites for hydroxylation is 1. The third-order valence-corrected chi connectivity index (χ3v) is 5.15. The first-order chi connectivity index (χ1) is 14.1. The summed E-state index contributed by atoms with van der Waals surface area (Å²) in [5, 5.41) is 7.04. The van der Waals surface area contributed by atoms with E-state index in [0.29, 0.717) is 25.1 Å². The Morgan fingerprint density at radius 2 is 1.97 bits per heavy atom. The lowest BCUT2D eigenvalue weighted by Crippen LogP contribution is -2.52. The van der Waals surface area contributed by atoms with Gasteiger partial charge in [0.05, 0.1) is 6.54 Å². The van der Waals surface area contributed by atoms with Crippen LogP contribution in [0.25, 0.3) is 0 Å². The highest BCUT2D eigenvalue weighted by Crippen LogP contribution is 2.22. The van der Waals surface area contributed by atoms with Crippen molar-refractivity contribution in [3.05, 3.63) is 77.9 Å². The minimum absolute atomic E-state index is 0.0674. The van der Waals surface area contributed by atoms with Gasteiger partial charge in [-0.1, -0.05) is 35.9 Å². The van der Waals surface area contributed by atoms with Gasteiger partial charge in [-0.15, -0.1) is 0 Å². The number of rotatable bonds is 5. The molecule has 7 nitrogen and oxygen atoms in total. The van der Waals surface area contributed by atoms with E-state index in [2.05, 4.69) is 15.4 Å². The van der Waals surface area contributed by atoms with Gasteiger partial charge in [0.15, 0.2) is 0 Å². The quantitative estimate of drug-likeness (QED) is 0.727. The molecule has 148 valence electrons. The van der Waals surface area contributed by atoms with Crippen molar-refractivity contribution in [3.8, 4) is 0 Å². The zero-order valence-corrected chi connectivity index (χ0v) is 16.3. The molecule has 0 aliphatic carbocycles. The van der Waals surface area contributed by atoms with Gasteiger partial charge >= 0.3 is 0 Å². The number of piperidine rings is 1. The second-order valence-electron chi connectivity index (χ2n) is 7.24. The molecule has 1 fully saturated rings. The number of aromatic nitrogens is 3. The number of hydrogen-bond acceptors (Lipinski definition) is 4. The first kappa shape index (κ1) is 18.9. The van der Waals surface area contributed by atoms with Crippen LogP contribution in [0.5, 0.6) is 0 Å². The minimum Gasteiger partial charge on any atom is -0.340 e. The monoisotopic (exact) mass is 389 g/mol. The summed E-state index contributed by atoms with van der Waals surface area (Å²) in [6, 6.07) is 14.7. The molecule has 7 heteroatoms. The predicted octanol–water partition coefficient (Wildman–Crippen LogP) is 2.56. The molecule has 1 saturated heterocycles. The lowest BCUT2D eigenvalue weighted by molar-refractivity contribution is -0.121. The van der Waals surface area contributed by atoms with Crippen LogP contribution in [0, 0.1) is 6.92 Å². The molecular weight excluding hydrogens is 366 g/mol. The number of carbonyl (C=O) groups excluding carboxylic acids is 2. The van der Waals surface area contributed by atoms with E-state index >= 15 is 0 Å². The molecule has 1 atom stereocenters. The fraction of sp³-hybridized carbons (Fsp3) is 0.273. The van der Waals surface area contributed by atoms with Crippen LogP contribution in [0.1, 0.15) is 34.3 Å². The summed E-state index contributed by atoms with van der Waals surface area (Å²) in [6.07, 6.45) is 4.55. The van der Waals surface area contributed by atoms with Gasteiger partial charge in [0.1, 0.15) is 18.7 Å². The molecule has 1 aliphatic rings. The van der Waals surface area contributed by atoms with E-state index in [9.17, 15) is 9.59 Å². The lowest BCUT2D eigenvalue weighted by atomic mass is 10.0. The van der Waals surface area contributed by atoms with Crippen molar-refractivity contribution >= 4 is 17.5 Å². The Kier molecular flexibility index (Phi) is 5.37. The number of amides is 2. The number of nitrogens with zero attached hydrogens (tertiary/aromatic N) is 4. The number of carbonyl (C=O) groups is 2. The van der Waals surface area contributed by atoms with Crippen LogP contribution in [0.2, 0.25) is 0 Å². The van der Waals surface area contributed by atoms with E-state index in [-0.39, 0.29) is 11.8 Å². The maximum Gasteiger partial charge on any atom is 0.252 e. The summed E-state index contributed by atoms with van der Waals surface area (Å²) in [5.74, 6) is -0.313. The fourth-order valence-electron chi connectivity index (χ4n) is 3.59. The Labute approximate surface area is 169 Å². The third kappa shape index (κ3) is 4.18. The maximum atomic E-state index is 13.0. The molecule has 1 aliphatic heterocycles. The summed E-state index contributed by atoms with van der Waals surface area (Å²) >= 11 is 0. The van der Waals surface area contributed by atoms with Gasteiger partial charge in [-0.05, 0) is 43.5 Å². The fourth-order valence-corrected chi connectivity index (χ4v) is 3.59. The SMILES string of the molecule is Cc1ccc(N2CCCC(NC(=O)c3ccccc3Cn3cncn3)C2=O)cc1. The molecule has 0 spiro atoms. The first-order valence-corrected chi connectivity index (χ1v) is 9.71. The zero-order valence-electron chi connectivity index (χ0n) is 16.3. The summed E-state index contributed by atoms with van der Waals surface area (Å²) in [7, 11) is 0. The van der Waals surface area contributed by atoms with Crippen LogP contribution < -0.4 is 10.2 Å². The van der Waals surface area contributed by atoms with Crippen molar-refractivity contribution < 1.29 is 9.59 Å². The molecule has 2 aromatic carbocycles. The first-order valence-electron chi connectivity index (χ1n) is 9.71. The van der Waals surface area contributed by atoms with E-state index < -0.39 is 6.04 Å². The molecule has 2 heterocycles. The van der Waals surface area contributed by atoms with Crippen molar-refractivity contribution in [2.24, 2.45) is 0 Å². The number of hydrogen-bond donors (Lipinski definition) is 1. The summed E-state index contributed by atoms with van der Waals surface area (Å²) < 4.78 is 1.66. The van der Waals surface area contributed by atoms with Crippen LogP contribution in [0.3, 0.4) is 0 Å². The Balaban J connectivity index is 1.49. The van der Waals surface area contributed by atoms with E-state index in [4.69, 9.17) is 0 Å². The molecule has 0 radical (unpaired) electrons. The lowest BCUT2D eigenvalue weighted by Gasteiger charge is -2.33. The van der Waals surface area contributed by atoms with Gasteiger partial charge in [-0.2, -0.15) is 5.10 Å². The summed E-state index contributed by atoms with van der Waals surface area (Å²) in [5.41, 5.74) is 3.38. The number of benzene rings is 2. The predicted molar refractivity (Wildman–Crippen MR) is 110 cm³/mol. The molecule has 1 N–H and O–H groups in total. The van der Waals surface area contributed by atoms with Crippen LogP contribution in [-0.4, -0.2) is 39.2 Å².